The van der Waals surface area contributed by atoms with Crippen molar-refractivity contribution >= 4 is 5.97 Å². The fraction of sp³-hybridized carbons (Fsp3) is 0.927. The van der Waals surface area contributed by atoms with Gasteiger partial charge in [0.1, 0.15) is 36.6 Å². The highest BCUT2D eigenvalue weighted by Gasteiger charge is 2.69. The van der Waals surface area contributed by atoms with Gasteiger partial charge in [0.25, 0.3) is 0 Å². The molecule has 0 spiro atoms. The van der Waals surface area contributed by atoms with Crippen LogP contribution in [0.25, 0.3) is 0 Å². The van der Waals surface area contributed by atoms with Gasteiger partial charge in [-0.05, 0) is 97.2 Å². The Hall–Kier alpha value is -1.23. The van der Waals surface area contributed by atoms with E-state index in [2.05, 4.69) is 47.6 Å². The van der Waals surface area contributed by atoms with E-state index < -0.39 is 72.8 Å². The van der Waals surface area contributed by atoms with Crippen molar-refractivity contribution in [1.82, 2.24) is 0 Å². The SMILES string of the molecule is CC1(C)C[C@@H](O)[C@]2(C)CC[C@]3(C)C(=CC[C@@H]4[C@@]5(C)CC[C@H](O[C@@H]6O[C@H](C(=O)O)[C@@H](O)[C@H](O)[C@H]6O[C@@H]6OC[C@H](O)[C@H](O)[C@H]6O)[C@](C)(CO)[C@@H]5CC[C@]43C)[C@@H]2C1. The average Bonchev–Trinajstić information content (AvgIpc) is 3.10. The number of allylic oxidation sites excluding steroid dienone is 2. The Bertz CT molecular complexity index is 1470. The molecule has 19 atom stereocenters. The summed E-state index contributed by atoms with van der Waals surface area (Å²) >= 11 is 0. The molecule has 6 fully saturated rings. The molecule has 0 radical (unpaired) electrons. The van der Waals surface area contributed by atoms with Crippen molar-refractivity contribution in [2.24, 2.45) is 50.2 Å². The second kappa shape index (κ2) is 13.7. The van der Waals surface area contributed by atoms with Crippen LogP contribution in [0, 0.1) is 50.2 Å². The third kappa shape index (κ3) is 5.92. The molecule has 5 aliphatic carbocycles. The van der Waals surface area contributed by atoms with Crippen LogP contribution >= 0.6 is 0 Å². The summed E-state index contributed by atoms with van der Waals surface area (Å²) in [5, 5.41) is 85.5. The van der Waals surface area contributed by atoms with Gasteiger partial charge in [0, 0.05) is 10.8 Å². The second-order valence-electron chi connectivity index (χ2n) is 20.4. The number of aliphatic carboxylic acids is 1. The third-order valence-electron chi connectivity index (χ3n) is 17.0. The van der Waals surface area contributed by atoms with Gasteiger partial charge in [-0.25, -0.2) is 4.79 Å². The van der Waals surface area contributed by atoms with Crippen molar-refractivity contribution in [3.8, 4) is 0 Å². The van der Waals surface area contributed by atoms with Crippen LogP contribution in [0.3, 0.4) is 0 Å². The van der Waals surface area contributed by atoms with Gasteiger partial charge in [0.15, 0.2) is 18.7 Å². The Balaban J connectivity index is 1.17. The first-order valence-electron chi connectivity index (χ1n) is 20.3. The fourth-order valence-electron chi connectivity index (χ4n) is 13.4. The van der Waals surface area contributed by atoms with E-state index in [9.17, 15) is 45.6 Å². The average molecular weight is 767 g/mol. The van der Waals surface area contributed by atoms with Crippen molar-refractivity contribution in [2.45, 2.75) is 174 Å². The molecule has 0 amide bonds. The van der Waals surface area contributed by atoms with Gasteiger partial charge in [-0.3, -0.25) is 0 Å². The van der Waals surface area contributed by atoms with Crippen LogP contribution in [-0.4, -0.2) is 128 Å². The first-order valence-corrected chi connectivity index (χ1v) is 20.3. The molecule has 7 aliphatic rings. The first-order chi connectivity index (χ1) is 25.1. The number of hydrogen-bond donors (Lipinski definition) is 8. The fourth-order valence-corrected chi connectivity index (χ4v) is 13.4. The van der Waals surface area contributed by atoms with Crippen LogP contribution in [0.2, 0.25) is 0 Å². The third-order valence-corrected chi connectivity index (χ3v) is 17.0. The minimum atomic E-state index is -1.91. The molecule has 0 aromatic rings. The maximum absolute atomic E-state index is 12.1. The lowest BCUT2D eigenvalue weighted by Gasteiger charge is -2.72. The van der Waals surface area contributed by atoms with E-state index in [0.717, 1.165) is 51.4 Å². The van der Waals surface area contributed by atoms with Crippen molar-refractivity contribution in [3.05, 3.63) is 11.6 Å². The number of hydrogen-bond acceptors (Lipinski definition) is 12. The smallest absolute Gasteiger partial charge is 0.335 e. The molecular weight excluding hydrogens is 700 g/mol. The maximum Gasteiger partial charge on any atom is 0.335 e. The second-order valence-corrected chi connectivity index (χ2v) is 20.4. The number of rotatable bonds is 6. The Morgan fingerprint density at radius 3 is 2.17 bits per heavy atom. The van der Waals surface area contributed by atoms with Crippen molar-refractivity contribution in [3.63, 3.8) is 0 Å². The van der Waals surface area contributed by atoms with E-state index in [-0.39, 0.29) is 52.3 Å². The zero-order chi connectivity index (χ0) is 39.6. The Kier molecular flexibility index (Phi) is 10.4. The minimum absolute atomic E-state index is 0.0143. The minimum Gasteiger partial charge on any atom is -0.479 e. The lowest BCUT2D eigenvalue weighted by molar-refractivity contribution is -0.367. The van der Waals surface area contributed by atoms with E-state index in [1.54, 1.807) is 0 Å². The maximum atomic E-state index is 12.1. The van der Waals surface area contributed by atoms with Gasteiger partial charge in [0.2, 0.25) is 0 Å². The van der Waals surface area contributed by atoms with Crippen LogP contribution in [-0.2, 0) is 23.7 Å². The molecular formula is C41H66O13. The molecule has 13 nitrogen and oxygen atoms in total. The van der Waals surface area contributed by atoms with Gasteiger partial charge in [-0.1, -0.05) is 60.1 Å². The number of carboxylic acid groups (broad SMARTS) is 1. The molecule has 0 bridgehead atoms. The van der Waals surface area contributed by atoms with E-state index in [1.807, 2.05) is 6.92 Å². The normalized spacial score (nSPS) is 55.7. The molecule has 7 rings (SSSR count). The number of carbonyl (C=O) groups is 1. The van der Waals surface area contributed by atoms with Gasteiger partial charge in [-0.2, -0.15) is 0 Å². The lowest BCUT2D eigenvalue weighted by Crippen LogP contribution is -2.67. The molecule has 54 heavy (non-hydrogen) atoms. The standard InChI is InChI=1S/C41H66O13/c1-36(2)16-21-20-8-9-24-38(4)12-11-26(39(5,19-42)23(38)10-13-41(24,7)40(20,6)15-14-37(21,3)25(44)17-36)52-35-32(29(47)28(46)31(53-35)33(49)50)54-34-30(48)27(45)22(43)18-51-34/h8,21-32,34-35,42-48H,9-19H2,1-7H3,(H,49,50)/t21-,22-,23+,24+,25+,26-,27-,28-,29-,30+,31-,32+,34-,35+,37+,38-,39+,40+,41+/m0/s1. The van der Waals surface area contributed by atoms with E-state index in [1.165, 1.54) is 5.57 Å². The van der Waals surface area contributed by atoms with Crippen molar-refractivity contribution in [1.29, 1.82) is 0 Å². The predicted octanol–water partition coefficient (Wildman–Crippen LogP) is 2.49. The van der Waals surface area contributed by atoms with E-state index in [4.69, 9.17) is 18.9 Å². The highest BCUT2D eigenvalue weighted by atomic mass is 16.8. The number of ether oxygens (including phenoxy) is 4. The van der Waals surface area contributed by atoms with E-state index >= 15 is 0 Å². The molecule has 8 N–H and O–H groups in total. The van der Waals surface area contributed by atoms with Gasteiger partial charge in [-0.15, -0.1) is 0 Å². The largest absolute Gasteiger partial charge is 0.479 e. The van der Waals surface area contributed by atoms with E-state index in [0.29, 0.717) is 18.3 Å². The topological polar surface area (TPSA) is 216 Å². The molecule has 13 heteroatoms. The summed E-state index contributed by atoms with van der Waals surface area (Å²) in [6.45, 7) is 15.7. The van der Waals surface area contributed by atoms with Crippen molar-refractivity contribution < 1.29 is 64.6 Å². The Morgan fingerprint density at radius 2 is 1.50 bits per heavy atom. The summed E-state index contributed by atoms with van der Waals surface area (Å²) in [5.74, 6) is -0.852. The molecule has 308 valence electrons. The highest BCUT2D eigenvalue weighted by Crippen LogP contribution is 2.76. The van der Waals surface area contributed by atoms with Crippen LogP contribution in [0.1, 0.15) is 106 Å². The van der Waals surface area contributed by atoms with Gasteiger partial charge < -0.3 is 59.8 Å². The molecule has 2 saturated heterocycles. The number of carboxylic acids is 1. The molecule has 0 unspecified atom stereocenters. The zero-order valence-electron chi connectivity index (χ0n) is 33.1. The number of fused-ring (bicyclic) bond motifs is 7. The number of aliphatic hydroxyl groups is 7. The summed E-state index contributed by atoms with van der Waals surface area (Å²) in [4.78, 5) is 12.1. The molecule has 0 aromatic carbocycles. The van der Waals surface area contributed by atoms with Crippen LogP contribution in [0.15, 0.2) is 11.6 Å². The molecule has 2 heterocycles. The van der Waals surface area contributed by atoms with Crippen LogP contribution in [0.4, 0.5) is 0 Å². The summed E-state index contributed by atoms with van der Waals surface area (Å²) in [7, 11) is 0. The summed E-state index contributed by atoms with van der Waals surface area (Å²) in [6, 6.07) is 0. The lowest BCUT2D eigenvalue weighted by atomic mass is 9.33. The monoisotopic (exact) mass is 766 g/mol. The van der Waals surface area contributed by atoms with Crippen LogP contribution < -0.4 is 0 Å². The number of aliphatic hydroxyl groups excluding tert-OH is 7. The molecule has 4 saturated carbocycles. The predicted molar refractivity (Wildman–Crippen MR) is 193 cm³/mol. The van der Waals surface area contributed by atoms with Crippen LogP contribution in [0.5, 0.6) is 0 Å². The summed E-state index contributed by atoms with van der Waals surface area (Å²) < 4.78 is 23.7. The summed E-state index contributed by atoms with van der Waals surface area (Å²) in [5.41, 5.74) is 0.419. The first kappa shape index (κ1) is 40.9. The van der Waals surface area contributed by atoms with Crippen molar-refractivity contribution in [2.75, 3.05) is 13.2 Å². The molecule has 0 aromatic heterocycles. The highest BCUT2D eigenvalue weighted by molar-refractivity contribution is 5.73. The van der Waals surface area contributed by atoms with Gasteiger partial charge in [0.05, 0.1) is 25.4 Å². The summed E-state index contributed by atoms with van der Waals surface area (Å²) in [6.07, 6.45) is -5.53. The zero-order valence-corrected chi connectivity index (χ0v) is 33.1. The Labute approximate surface area is 319 Å². The van der Waals surface area contributed by atoms with Gasteiger partial charge >= 0.3 is 5.97 Å². The quantitative estimate of drug-likeness (QED) is 0.144. The Morgan fingerprint density at radius 1 is 0.796 bits per heavy atom. The molecule has 2 aliphatic heterocycles.